The molecule has 0 aliphatic carbocycles. The molecule has 0 spiro atoms. The van der Waals surface area contributed by atoms with Gasteiger partial charge >= 0.3 is 0 Å². The maximum absolute atomic E-state index is 4.12. The van der Waals surface area contributed by atoms with Crippen molar-refractivity contribution in [1.29, 1.82) is 0 Å². The molecule has 0 radical (unpaired) electrons. The fourth-order valence-corrected chi connectivity index (χ4v) is 1.18. The first-order chi connectivity index (χ1) is 6.06. The topological polar surface area (TPSA) is 15.6 Å². The molecule has 0 N–H and O–H groups in total. The fourth-order valence-electron chi connectivity index (χ4n) is 0.577. The summed E-state index contributed by atoms with van der Waals surface area (Å²) in [6.45, 7) is 9.59. The zero-order valence-electron chi connectivity index (χ0n) is 8.45. The van der Waals surface area contributed by atoms with Gasteiger partial charge in [-0.2, -0.15) is 0 Å². The molecule has 0 fully saturated rings. The Balaban J connectivity index is 3.95. The van der Waals surface area contributed by atoms with Crippen LogP contribution in [0.25, 0.3) is 0 Å². The van der Waals surface area contributed by atoms with Crippen LogP contribution in [-0.2, 0) is 0 Å². The first-order valence-electron chi connectivity index (χ1n) is 3.95. The van der Waals surface area contributed by atoms with Crippen LogP contribution in [0.2, 0.25) is 0 Å². The first kappa shape index (κ1) is 12.0. The second-order valence-corrected chi connectivity index (χ2v) is 3.87. The van der Waals surface area contributed by atoms with Crippen molar-refractivity contribution in [3.63, 3.8) is 0 Å². The molecular weight excluding hydrogens is 180 g/mol. The maximum atomic E-state index is 4.12. The molecule has 0 aromatic rings. The van der Waals surface area contributed by atoms with Crippen LogP contribution in [-0.4, -0.2) is 25.3 Å². The highest BCUT2D eigenvalue weighted by Crippen LogP contribution is 2.23. The Kier molecular flexibility index (Phi) is 6.06. The van der Waals surface area contributed by atoms with E-state index in [1.807, 2.05) is 38.1 Å². The number of allylic oxidation sites excluding steroid dienone is 2. The Morgan fingerprint density at radius 2 is 2.00 bits per heavy atom. The highest BCUT2D eigenvalue weighted by molar-refractivity contribution is 8.06. The quantitative estimate of drug-likeness (QED) is 0.382. The summed E-state index contributed by atoms with van der Waals surface area (Å²) in [5.41, 5.74) is 0. The third-order valence-electron chi connectivity index (χ3n) is 1.03. The van der Waals surface area contributed by atoms with Crippen molar-refractivity contribution in [3.05, 3.63) is 35.2 Å². The van der Waals surface area contributed by atoms with E-state index in [1.54, 1.807) is 6.34 Å². The summed E-state index contributed by atoms with van der Waals surface area (Å²) in [5.74, 6) is 0. The largest absolute Gasteiger partial charge is 0.369 e. The molecule has 3 heteroatoms. The van der Waals surface area contributed by atoms with E-state index < -0.39 is 0 Å². The van der Waals surface area contributed by atoms with E-state index in [1.165, 1.54) is 11.8 Å². The zero-order valence-corrected chi connectivity index (χ0v) is 9.27. The molecule has 0 saturated carbocycles. The van der Waals surface area contributed by atoms with Crippen LogP contribution >= 0.6 is 11.8 Å². The standard InChI is InChI=1S/C10H16N2S/c1-6-7-9(2)13-10(3)11-8-12(4)5/h6-8H,2-3H2,1,4-5H3/b7-6-,11-8-. The van der Waals surface area contributed by atoms with E-state index in [4.69, 9.17) is 0 Å². The third kappa shape index (κ3) is 7.40. The van der Waals surface area contributed by atoms with Crippen LogP contribution in [0.4, 0.5) is 0 Å². The molecule has 0 amide bonds. The Hall–Kier alpha value is -0.960. The van der Waals surface area contributed by atoms with Gasteiger partial charge in [-0.25, -0.2) is 4.99 Å². The molecule has 0 unspecified atom stereocenters. The van der Waals surface area contributed by atoms with Crippen LogP contribution in [0.3, 0.4) is 0 Å². The van der Waals surface area contributed by atoms with Gasteiger partial charge in [0.2, 0.25) is 0 Å². The number of rotatable bonds is 5. The Morgan fingerprint density at radius 3 is 2.46 bits per heavy atom. The molecule has 0 aromatic carbocycles. The van der Waals surface area contributed by atoms with Gasteiger partial charge in [-0.15, -0.1) is 0 Å². The van der Waals surface area contributed by atoms with Crippen molar-refractivity contribution < 1.29 is 0 Å². The van der Waals surface area contributed by atoms with Gasteiger partial charge in [-0.3, -0.25) is 0 Å². The molecule has 0 heterocycles. The summed E-state index contributed by atoms with van der Waals surface area (Å²) in [6, 6.07) is 0. The number of aliphatic imine (C=N–C) groups is 1. The minimum Gasteiger partial charge on any atom is -0.369 e. The van der Waals surface area contributed by atoms with Crippen molar-refractivity contribution in [2.75, 3.05) is 14.1 Å². The lowest BCUT2D eigenvalue weighted by Gasteiger charge is -2.03. The molecule has 0 bridgehead atoms. The molecule has 0 rings (SSSR count). The van der Waals surface area contributed by atoms with Gasteiger partial charge in [0.05, 0.1) is 11.4 Å². The Bertz CT molecular complexity index is 239. The fraction of sp³-hybridized carbons (Fsp3) is 0.300. The van der Waals surface area contributed by atoms with Crippen LogP contribution in [0.1, 0.15) is 6.92 Å². The van der Waals surface area contributed by atoms with Gasteiger partial charge in [0.25, 0.3) is 0 Å². The predicted octanol–water partition coefficient (Wildman–Crippen LogP) is 2.87. The van der Waals surface area contributed by atoms with Gasteiger partial charge in [0, 0.05) is 19.0 Å². The monoisotopic (exact) mass is 196 g/mol. The highest BCUT2D eigenvalue weighted by atomic mass is 32.2. The van der Waals surface area contributed by atoms with Gasteiger partial charge in [0.1, 0.15) is 0 Å². The van der Waals surface area contributed by atoms with Gasteiger partial charge in [0.15, 0.2) is 0 Å². The third-order valence-corrected chi connectivity index (χ3v) is 1.77. The highest BCUT2D eigenvalue weighted by Gasteiger charge is 1.92. The normalized spacial score (nSPS) is 11.0. The summed E-state index contributed by atoms with van der Waals surface area (Å²) in [6.07, 6.45) is 5.59. The number of hydrogen-bond acceptors (Lipinski definition) is 2. The molecule has 13 heavy (non-hydrogen) atoms. The SMILES string of the molecule is C=C(/C=C\C)SC(=C)/N=C\N(C)C. The van der Waals surface area contributed by atoms with Gasteiger partial charge < -0.3 is 4.90 Å². The molecule has 0 saturated heterocycles. The average molecular weight is 196 g/mol. The van der Waals surface area contributed by atoms with Crippen molar-refractivity contribution >= 4 is 18.1 Å². The van der Waals surface area contributed by atoms with Crippen molar-refractivity contribution in [3.8, 4) is 0 Å². The number of thioether (sulfide) groups is 1. The van der Waals surface area contributed by atoms with E-state index in [9.17, 15) is 0 Å². The second-order valence-electron chi connectivity index (χ2n) is 2.67. The molecule has 72 valence electrons. The lowest BCUT2D eigenvalue weighted by atomic mass is 10.5. The van der Waals surface area contributed by atoms with E-state index in [2.05, 4.69) is 18.2 Å². The van der Waals surface area contributed by atoms with E-state index in [-0.39, 0.29) is 0 Å². The number of nitrogens with zero attached hydrogens (tertiary/aromatic N) is 2. The van der Waals surface area contributed by atoms with Crippen LogP contribution < -0.4 is 0 Å². The van der Waals surface area contributed by atoms with Crippen molar-refractivity contribution in [2.45, 2.75) is 6.92 Å². The van der Waals surface area contributed by atoms with Gasteiger partial charge in [-0.05, 0) is 6.92 Å². The average Bonchev–Trinajstić information content (AvgIpc) is 2.01. The lowest BCUT2D eigenvalue weighted by Crippen LogP contribution is -2.07. The minimum absolute atomic E-state index is 0.747. The summed E-state index contributed by atoms with van der Waals surface area (Å²) in [7, 11) is 3.84. The van der Waals surface area contributed by atoms with Gasteiger partial charge in [-0.1, -0.05) is 37.1 Å². The maximum Gasteiger partial charge on any atom is 0.0953 e. The van der Waals surface area contributed by atoms with Crippen LogP contribution in [0.5, 0.6) is 0 Å². The molecule has 2 nitrogen and oxygen atoms in total. The molecule has 0 aromatic heterocycles. The Labute approximate surface area is 84.7 Å². The van der Waals surface area contributed by atoms with Crippen molar-refractivity contribution in [2.24, 2.45) is 4.99 Å². The summed E-state index contributed by atoms with van der Waals surface area (Å²) in [4.78, 5) is 6.93. The lowest BCUT2D eigenvalue weighted by molar-refractivity contribution is 0.643. The van der Waals surface area contributed by atoms with E-state index in [0.29, 0.717) is 0 Å². The first-order valence-corrected chi connectivity index (χ1v) is 4.77. The molecule has 0 aliphatic heterocycles. The van der Waals surface area contributed by atoms with Crippen molar-refractivity contribution in [1.82, 2.24) is 4.90 Å². The summed E-state index contributed by atoms with van der Waals surface area (Å²) in [5, 5.41) is 0.747. The van der Waals surface area contributed by atoms with E-state index in [0.717, 1.165) is 9.93 Å². The Morgan fingerprint density at radius 1 is 1.38 bits per heavy atom. The summed E-state index contributed by atoms with van der Waals surface area (Å²) < 4.78 is 0. The predicted molar refractivity (Wildman–Crippen MR) is 62.9 cm³/mol. The van der Waals surface area contributed by atoms with Crippen LogP contribution in [0, 0.1) is 0 Å². The molecule has 0 aliphatic rings. The smallest absolute Gasteiger partial charge is 0.0953 e. The molecular formula is C10H16N2S. The minimum atomic E-state index is 0.747. The van der Waals surface area contributed by atoms with E-state index >= 15 is 0 Å². The number of hydrogen-bond donors (Lipinski definition) is 0. The molecule has 0 atom stereocenters. The van der Waals surface area contributed by atoms with Crippen LogP contribution in [0.15, 0.2) is 40.2 Å². The zero-order chi connectivity index (χ0) is 10.3. The summed E-state index contributed by atoms with van der Waals surface area (Å²) >= 11 is 1.47. The second kappa shape index (κ2) is 6.54.